The van der Waals surface area contributed by atoms with E-state index in [2.05, 4.69) is 20.0 Å². The van der Waals surface area contributed by atoms with E-state index < -0.39 is 32.5 Å². The van der Waals surface area contributed by atoms with Gasteiger partial charge < -0.3 is 10.1 Å². The number of sulfonamides is 2. The van der Waals surface area contributed by atoms with Crippen LogP contribution in [0.1, 0.15) is 18.3 Å². The first kappa shape index (κ1) is 30.8. The third-order valence-corrected chi connectivity index (χ3v) is 9.16. The first-order chi connectivity index (χ1) is 19.9. The lowest BCUT2D eigenvalue weighted by Crippen LogP contribution is -2.38. The van der Waals surface area contributed by atoms with Crippen molar-refractivity contribution in [1.82, 2.24) is 9.97 Å². The maximum Gasteiger partial charge on any atom is 0.264 e. The Morgan fingerprint density at radius 1 is 0.857 bits per heavy atom. The minimum absolute atomic E-state index is 0.0524. The van der Waals surface area contributed by atoms with Gasteiger partial charge >= 0.3 is 0 Å². The van der Waals surface area contributed by atoms with Crippen LogP contribution in [0.15, 0.2) is 88.7 Å². The molecule has 3 aromatic carbocycles. The summed E-state index contributed by atoms with van der Waals surface area (Å²) in [5, 5.41) is 2.98. The highest BCUT2D eigenvalue weighted by Crippen LogP contribution is 2.27. The molecule has 14 heteroatoms. The third-order valence-electron chi connectivity index (χ3n) is 5.78. The predicted molar refractivity (Wildman–Crippen MR) is 161 cm³/mol. The van der Waals surface area contributed by atoms with Crippen molar-refractivity contribution in [1.29, 1.82) is 0 Å². The van der Waals surface area contributed by atoms with Gasteiger partial charge in [-0.15, -0.1) is 0 Å². The van der Waals surface area contributed by atoms with E-state index in [4.69, 9.17) is 16.3 Å². The molecule has 2 N–H and O–H groups in total. The number of ether oxygens (including phenoxy) is 1. The molecule has 11 nitrogen and oxygen atoms in total. The topological polar surface area (TPSA) is 148 Å². The van der Waals surface area contributed by atoms with Gasteiger partial charge in [0.1, 0.15) is 12.3 Å². The molecule has 42 heavy (non-hydrogen) atoms. The van der Waals surface area contributed by atoms with Crippen molar-refractivity contribution in [3.8, 4) is 5.75 Å². The van der Waals surface area contributed by atoms with E-state index in [9.17, 15) is 21.6 Å². The first-order valence-electron chi connectivity index (χ1n) is 12.6. The van der Waals surface area contributed by atoms with E-state index in [1.54, 1.807) is 32.0 Å². The molecule has 0 atom stereocenters. The molecule has 4 aromatic rings. The molecular formula is C28H28ClN5O6S2. The van der Waals surface area contributed by atoms with Gasteiger partial charge in [0.05, 0.1) is 22.1 Å². The smallest absolute Gasteiger partial charge is 0.264 e. The number of amides is 1. The van der Waals surface area contributed by atoms with Crippen molar-refractivity contribution in [3.63, 3.8) is 0 Å². The zero-order chi connectivity index (χ0) is 30.5. The molecule has 1 heterocycles. The van der Waals surface area contributed by atoms with Gasteiger partial charge in [-0.1, -0.05) is 11.6 Å². The summed E-state index contributed by atoms with van der Waals surface area (Å²) in [4.78, 5) is 21.1. The average molecular weight is 630 g/mol. The van der Waals surface area contributed by atoms with Gasteiger partial charge in [-0.3, -0.25) is 9.10 Å². The molecule has 0 aliphatic heterocycles. The SMILES string of the molecule is CCOc1ccc(N(CC(=O)Nc2ccc(S(=O)(=O)Nc3nc(C)cc(C)n3)cc2)S(=O)(=O)c2ccc(Cl)cc2)cc1. The van der Waals surface area contributed by atoms with Gasteiger partial charge in [0.25, 0.3) is 20.0 Å². The summed E-state index contributed by atoms with van der Waals surface area (Å²) in [6.45, 7) is 5.14. The van der Waals surface area contributed by atoms with E-state index in [1.807, 2.05) is 6.92 Å². The molecule has 4 rings (SSSR count). The molecule has 0 fully saturated rings. The van der Waals surface area contributed by atoms with Crippen LogP contribution in [0.3, 0.4) is 0 Å². The van der Waals surface area contributed by atoms with Crippen LogP contribution in [0, 0.1) is 13.8 Å². The Balaban J connectivity index is 1.53. The van der Waals surface area contributed by atoms with Crippen molar-refractivity contribution in [2.24, 2.45) is 0 Å². The molecule has 0 radical (unpaired) electrons. The van der Waals surface area contributed by atoms with E-state index >= 15 is 0 Å². The number of carbonyl (C=O) groups excluding carboxylic acids is 1. The normalized spacial score (nSPS) is 11.5. The van der Waals surface area contributed by atoms with Gasteiger partial charge in [0.15, 0.2) is 0 Å². The molecule has 1 aromatic heterocycles. The maximum atomic E-state index is 13.6. The number of hydrogen-bond donors (Lipinski definition) is 2. The Bertz CT molecular complexity index is 1760. The molecule has 0 bridgehead atoms. The molecule has 0 aliphatic carbocycles. The highest BCUT2D eigenvalue weighted by atomic mass is 35.5. The molecule has 0 saturated carbocycles. The number of carbonyl (C=O) groups is 1. The van der Waals surface area contributed by atoms with Crippen molar-refractivity contribution in [3.05, 3.63) is 95.3 Å². The molecule has 0 spiro atoms. The van der Waals surface area contributed by atoms with Crippen LogP contribution in [0.4, 0.5) is 17.3 Å². The minimum Gasteiger partial charge on any atom is -0.494 e. The van der Waals surface area contributed by atoms with Gasteiger partial charge in [-0.25, -0.2) is 31.5 Å². The standard InChI is InChI=1S/C28H28ClN5O6S2/c1-4-40-24-11-9-23(10-12-24)34(42(38,39)26-13-5-21(29)6-14-26)18-27(35)32-22-7-15-25(16-8-22)41(36,37)33-28-30-19(2)17-20(3)31-28/h5-17H,4,18H2,1-3H3,(H,32,35)(H,30,31,33). The van der Waals surface area contributed by atoms with Crippen molar-refractivity contribution in [2.75, 3.05) is 27.5 Å². The van der Waals surface area contributed by atoms with Gasteiger partial charge in [-0.05, 0) is 99.6 Å². The van der Waals surface area contributed by atoms with Crippen molar-refractivity contribution >= 4 is 54.9 Å². The van der Waals surface area contributed by atoms with Gasteiger partial charge in [-0.2, -0.15) is 0 Å². The summed E-state index contributed by atoms with van der Waals surface area (Å²) < 4.78 is 61.6. The highest BCUT2D eigenvalue weighted by molar-refractivity contribution is 7.93. The number of nitrogens with one attached hydrogen (secondary N) is 2. The minimum atomic E-state index is -4.17. The Hall–Kier alpha value is -4.20. The fraction of sp³-hybridized carbons (Fsp3) is 0.179. The first-order valence-corrected chi connectivity index (χ1v) is 15.9. The van der Waals surface area contributed by atoms with Crippen LogP contribution in [0.5, 0.6) is 5.75 Å². The highest BCUT2D eigenvalue weighted by Gasteiger charge is 2.27. The number of rotatable bonds is 11. The van der Waals surface area contributed by atoms with Crippen LogP contribution in [-0.2, 0) is 24.8 Å². The second-order valence-corrected chi connectivity index (χ2v) is 13.0. The van der Waals surface area contributed by atoms with Gasteiger partial charge in [0.2, 0.25) is 11.9 Å². The summed E-state index contributed by atoms with van der Waals surface area (Å²) in [5.41, 5.74) is 1.72. The number of benzene rings is 3. The number of aromatic nitrogens is 2. The quantitative estimate of drug-likeness (QED) is 0.241. The number of aryl methyl sites for hydroxylation is 2. The summed E-state index contributed by atoms with van der Waals surface area (Å²) >= 11 is 5.94. The molecule has 0 saturated heterocycles. The number of anilines is 3. The number of nitrogens with zero attached hydrogens (tertiary/aromatic N) is 3. The molecular weight excluding hydrogens is 602 g/mol. The van der Waals surface area contributed by atoms with Crippen LogP contribution >= 0.6 is 11.6 Å². The Labute approximate surface area is 249 Å². The number of halogens is 1. The largest absolute Gasteiger partial charge is 0.494 e. The third kappa shape index (κ3) is 7.55. The monoisotopic (exact) mass is 629 g/mol. The van der Waals surface area contributed by atoms with Crippen LogP contribution in [-0.4, -0.2) is 45.9 Å². The van der Waals surface area contributed by atoms with E-state index in [1.165, 1.54) is 60.7 Å². The van der Waals surface area contributed by atoms with Crippen molar-refractivity contribution in [2.45, 2.75) is 30.6 Å². The fourth-order valence-corrected chi connectivity index (χ4v) is 6.41. The van der Waals surface area contributed by atoms with Crippen LogP contribution < -0.4 is 19.1 Å². The maximum absolute atomic E-state index is 13.6. The second kappa shape index (κ2) is 12.8. The van der Waals surface area contributed by atoms with Gasteiger partial charge in [0, 0.05) is 22.1 Å². The summed E-state index contributed by atoms with van der Waals surface area (Å²) in [7, 11) is -8.17. The molecule has 1 amide bonds. The zero-order valence-corrected chi connectivity index (χ0v) is 25.3. The second-order valence-electron chi connectivity index (χ2n) is 9.04. The van der Waals surface area contributed by atoms with Crippen molar-refractivity contribution < 1.29 is 26.4 Å². The summed E-state index contributed by atoms with van der Waals surface area (Å²) in [6, 6.07) is 19.0. The van der Waals surface area contributed by atoms with E-state index in [0.29, 0.717) is 28.8 Å². The molecule has 0 unspecified atom stereocenters. The Kier molecular flexibility index (Phi) is 9.34. The van der Waals surface area contributed by atoms with E-state index in [-0.39, 0.29) is 27.1 Å². The molecule has 220 valence electrons. The average Bonchev–Trinajstić information content (AvgIpc) is 2.92. The van der Waals surface area contributed by atoms with Crippen LogP contribution in [0.25, 0.3) is 0 Å². The lowest BCUT2D eigenvalue weighted by molar-refractivity contribution is -0.114. The number of hydrogen-bond acceptors (Lipinski definition) is 8. The Morgan fingerprint density at radius 3 is 2.00 bits per heavy atom. The fourth-order valence-electron chi connectivity index (χ4n) is 3.92. The lowest BCUT2D eigenvalue weighted by Gasteiger charge is -2.24. The lowest BCUT2D eigenvalue weighted by atomic mass is 10.3. The summed E-state index contributed by atoms with van der Waals surface area (Å²) in [5.74, 6) is -0.164. The van der Waals surface area contributed by atoms with Crippen LogP contribution in [0.2, 0.25) is 5.02 Å². The van der Waals surface area contributed by atoms with E-state index in [0.717, 1.165) is 4.31 Å². The summed E-state index contributed by atoms with van der Waals surface area (Å²) in [6.07, 6.45) is 0. The molecule has 0 aliphatic rings. The predicted octanol–water partition coefficient (Wildman–Crippen LogP) is 4.78. The Morgan fingerprint density at radius 2 is 1.43 bits per heavy atom. The zero-order valence-electron chi connectivity index (χ0n) is 22.9.